The third-order valence-corrected chi connectivity index (χ3v) is 7.62. The van der Waals surface area contributed by atoms with Gasteiger partial charge in [0.05, 0.1) is 12.2 Å². The van der Waals surface area contributed by atoms with E-state index in [1.807, 2.05) is 34.6 Å². The molecule has 0 aliphatic carbocycles. The van der Waals surface area contributed by atoms with Crippen LogP contribution in [0.15, 0.2) is 60.9 Å². The predicted molar refractivity (Wildman–Crippen MR) is 119 cm³/mol. The molecular weight excluding hydrogens is 408 g/mol. The van der Waals surface area contributed by atoms with Crippen LogP contribution in [-0.4, -0.2) is 45.1 Å². The van der Waals surface area contributed by atoms with Gasteiger partial charge >= 0.3 is 0 Å². The van der Waals surface area contributed by atoms with E-state index in [1.165, 1.54) is 20.9 Å². The van der Waals surface area contributed by atoms with Gasteiger partial charge in [0.25, 0.3) is 5.91 Å². The smallest absolute Gasteiger partial charge is 0.274 e. The van der Waals surface area contributed by atoms with E-state index in [9.17, 15) is 4.79 Å². The van der Waals surface area contributed by atoms with Crippen LogP contribution in [-0.2, 0) is 16.8 Å². The second kappa shape index (κ2) is 7.28. The van der Waals surface area contributed by atoms with E-state index in [0.717, 1.165) is 25.9 Å². The van der Waals surface area contributed by atoms with Gasteiger partial charge in [-0.3, -0.25) is 4.79 Å². The molecule has 4 aromatic rings. The molecule has 1 saturated heterocycles. The molecule has 156 valence electrons. The predicted octanol–water partition coefficient (Wildman–Crippen LogP) is 4.16. The molecule has 1 spiro atoms. The van der Waals surface area contributed by atoms with Crippen molar-refractivity contribution in [3.8, 4) is 10.4 Å². The van der Waals surface area contributed by atoms with Crippen LogP contribution in [0.25, 0.3) is 16.1 Å². The van der Waals surface area contributed by atoms with Crippen LogP contribution in [0, 0.1) is 0 Å². The number of nitrogens with zero attached hydrogens (tertiary/aromatic N) is 4. The highest BCUT2D eigenvalue weighted by Crippen LogP contribution is 2.46. The first-order chi connectivity index (χ1) is 15.2. The van der Waals surface area contributed by atoms with Gasteiger partial charge in [-0.15, -0.1) is 11.3 Å². The zero-order valence-electron chi connectivity index (χ0n) is 17.0. The molecule has 3 aromatic heterocycles. The number of hydrogen-bond acceptors (Lipinski definition) is 5. The van der Waals surface area contributed by atoms with Gasteiger partial charge in [-0.05, 0) is 36.1 Å². The molecule has 0 saturated carbocycles. The summed E-state index contributed by atoms with van der Waals surface area (Å²) in [4.78, 5) is 21.9. The van der Waals surface area contributed by atoms with Gasteiger partial charge in [-0.1, -0.05) is 30.3 Å². The Morgan fingerprint density at radius 3 is 2.74 bits per heavy atom. The summed E-state index contributed by atoms with van der Waals surface area (Å²) in [6.45, 7) is 2.07. The summed E-state index contributed by atoms with van der Waals surface area (Å²) in [5, 5.41) is 4.40. The number of aromatic nitrogens is 3. The summed E-state index contributed by atoms with van der Waals surface area (Å²) < 4.78 is 8.05. The quantitative estimate of drug-likeness (QED) is 0.479. The van der Waals surface area contributed by atoms with Crippen LogP contribution in [0.4, 0.5) is 0 Å². The molecule has 0 atom stereocenters. The van der Waals surface area contributed by atoms with Crippen molar-refractivity contribution in [2.24, 2.45) is 0 Å². The van der Waals surface area contributed by atoms with Gasteiger partial charge < -0.3 is 9.64 Å². The maximum atomic E-state index is 13.1. The number of benzene rings is 1. The second-order valence-electron chi connectivity index (χ2n) is 8.15. The number of carbonyl (C=O) groups is 1. The minimum Gasteiger partial charge on any atom is -0.370 e. The van der Waals surface area contributed by atoms with Crippen molar-refractivity contribution in [1.82, 2.24) is 19.5 Å². The molecule has 2 aliphatic rings. The number of hydrogen-bond donors (Lipinski definition) is 0. The lowest BCUT2D eigenvalue weighted by atomic mass is 9.82. The number of piperidine rings is 1. The maximum absolute atomic E-state index is 13.1. The molecule has 5 heterocycles. The molecule has 1 fully saturated rings. The number of ether oxygens (including phenoxy) is 1. The molecule has 7 heteroatoms. The zero-order valence-corrected chi connectivity index (χ0v) is 17.8. The topological polar surface area (TPSA) is 59.7 Å². The van der Waals surface area contributed by atoms with Crippen molar-refractivity contribution in [2.75, 3.05) is 19.7 Å². The lowest BCUT2D eigenvalue weighted by Gasteiger charge is -2.43. The van der Waals surface area contributed by atoms with Crippen LogP contribution in [0.1, 0.15) is 33.8 Å². The number of fused-ring (bicyclic) bond motifs is 3. The first kappa shape index (κ1) is 18.7. The summed E-state index contributed by atoms with van der Waals surface area (Å²) in [6.07, 6.45) is 6.09. The lowest BCUT2D eigenvalue weighted by Crippen LogP contribution is -2.48. The van der Waals surface area contributed by atoms with Crippen molar-refractivity contribution in [3.05, 3.63) is 77.1 Å². The third kappa shape index (κ3) is 3.16. The summed E-state index contributed by atoms with van der Waals surface area (Å²) in [6, 6.07) is 16.4. The first-order valence-corrected chi connectivity index (χ1v) is 11.5. The number of thiophene rings is 1. The Morgan fingerprint density at radius 2 is 1.94 bits per heavy atom. The van der Waals surface area contributed by atoms with Crippen molar-refractivity contribution in [3.63, 3.8) is 0 Å². The number of carbonyl (C=O) groups excluding carboxylic acids is 1. The van der Waals surface area contributed by atoms with E-state index >= 15 is 0 Å². The van der Waals surface area contributed by atoms with Gasteiger partial charge in [0.2, 0.25) is 0 Å². The molecular formula is C24H22N4O2S. The van der Waals surface area contributed by atoms with Crippen molar-refractivity contribution in [2.45, 2.75) is 24.9 Å². The van der Waals surface area contributed by atoms with Crippen LogP contribution >= 0.6 is 11.3 Å². The van der Waals surface area contributed by atoms with Crippen LogP contribution in [0.5, 0.6) is 0 Å². The first-order valence-electron chi connectivity index (χ1n) is 10.6. The second-order valence-corrected chi connectivity index (χ2v) is 9.29. The number of rotatable bonds is 2. The van der Waals surface area contributed by atoms with E-state index in [1.54, 1.807) is 16.8 Å². The van der Waals surface area contributed by atoms with E-state index < -0.39 is 0 Å². The van der Waals surface area contributed by atoms with E-state index in [0.29, 0.717) is 24.4 Å². The summed E-state index contributed by atoms with van der Waals surface area (Å²) >= 11 is 1.88. The van der Waals surface area contributed by atoms with E-state index in [-0.39, 0.29) is 11.5 Å². The minimum absolute atomic E-state index is 0.0355. The maximum Gasteiger partial charge on any atom is 0.274 e. The molecule has 0 radical (unpaired) electrons. The molecule has 6 rings (SSSR count). The van der Waals surface area contributed by atoms with Crippen LogP contribution < -0.4 is 0 Å². The Morgan fingerprint density at radius 1 is 1.10 bits per heavy atom. The summed E-state index contributed by atoms with van der Waals surface area (Å²) in [7, 11) is 0. The Kier molecular flexibility index (Phi) is 4.40. The van der Waals surface area contributed by atoms with Gasteiger partial charge in [0.15, 0.2) is 11.3 Å². The summed E-state index contributed by atoms with van der Waals surface area (Å²) in [5.41, 5.74) is 3.43. The Labute approximate surface area is 184 Å². The standard InChI is InChI=1S/C24H22N4O2S/c29-23(19-16-22-25-10-4-11-28(22)26-19)27-12-8-24(9-13-27)18-15-21(17-5-2-1-3-6-17)31-20(18)7-14-30-24/h1-6,10-11,15-16H,7-9,12-14H2. The van der Waals surface area contributed by atoms with Crippen molar-refractivity contribution in [1.29, 1.82) is 0 Å². The lowest BCUT2D eigenvalue weighted by molar-refractivity contribution is -0.0926. The molecule has 31 heavy (non-hydrogen) atoms. The van der Waals surface area contributed by atoms with Gasteiger partial charge in [0.1, 0.15) is 0 Å². The average molecular weight is 431 g/mol. The van der Waals surface area contributed by atoms with E-state index in [2.05, 4.69) is 40.4 Å². The highest BCUT2D eigenvalue weighted by Gasteiger charge is 2.43. The monoisotopic (exact) mass is 430 g/mol. The Hall–Kier alpha value is -3.03. The molecule has 1 amide bonds. The zero-order chi connectivity index (χ0) is 20.8. The van der Waals surface area contributed by atoms with Gasteiger partial charge in [0, 0.05) is 47.7 Å². The fraction of sp³-hybridized carbons (Fsp3) is 0.292. The number of amides is 1. The van der Waals surface area contributed by atoms with Crippen LogP contribution in [0.2, 0.25) is 0 Å². The third-order valence-electron chi connectivity index (χ3n) is 6.38. The normalized spacial score (nSPS) is 17.7. The number of likely N-dealkylation sites (tertiary alicyclic amines) is 1. The van der Waals surface area contributed by atoms with E-state index in [4.69, 9.17) is 4.74 Å². The minimum atomic E-state index is -0.283. The summed E-state index contributed by atoms with van der Waals surface area (Å²) in [5.74, 6) is -0.0355. The molecule has 0 bridgehead atoms. The van der Waals surface area contributed by atoms with Gasteiger partial charge in [-0.25, -0.2) is 9.50 Å². The Bertz CT molecular complexity index is 1220. The van der Waals surface area contributed by atoms with Crippen molar-refractivity contribution >= 4 is 22.9 Å². The molecule has 1 aromatic carbocycles. The molecule has 0 unspecified atom stereocenters. The Balaban J connectivity index is 1.24. The fourth-order valence-electron chi connectivity index (χ4n) is 4.74. The molecule has 2 aliphatic heterocycles. The highest BCUT2D eigenvalue weighted by atomic mass is 32.1. The highest BCUT2D eigenvalue weighted by molar-refractivity contribution is 7.15. The molecule has 0 N–H and O–H groups in total. The largest absolute Gasteiger partial charge is 0.370 e. The molecule has 6 nitrogen and oxygen atoms in total. The van der Waals surface area contributed by atoms with Crippen LogP contribution in [0.3, 0.4) is 0 Å². The average Bonchev–Trinajstić information content (AvgIpc) is 3.45. The van der Waals surface area contributed by atoms with Gasteiger partial charge in [-0.2, -0.15) is 5.10 Å². The van der Waals surface area contributed by atoms with Crippen molar-refractivity contribution < 1.29 is 9.53 Å². The fourth-order valence-corrected chi connectivity index (χ4v) is 5.98. The SMILES string of the molecule is O=C(c1cc2ncccn2n1)N1CCC2(CC1)OCCc1sc(-c3ccccc3)cc12.